The molecule has 2 nitrogen and oxygen atoms in total. The number of hydrogen-bond donors (Lipinski definition) is 1. The molecule has 1 saturated carbocycles. The lowest BCUT2D eigenvalue weighted by Gasteiger charge is -2.37. The summed E-state index contributed by atoms with van der Waals surface area (Å²) in [5.41, 5.74) is 6.08. The first-order valence-electron chi connectivity index (χ1n) is 5.71. The molecule has 1 saturated heterocycles. The van der Waals surface area contributed by atoms with Crippen molar-refractivity contribution in [3.8, 4) is 0 Å². The van der Waals surface area contributed by atoms with Gasteiger partial charge in [0.25, 0.3) is 0 Å². The first kappa shape index (κ1) is 9.47. The third-order valence-corrected chi connectivity index (χ3v) is 3.71. The lowest BCUT2D eigenvalue weighted by Crippen LogP contribution is -2.43. The van der Waals surface area contributed by atoms with Crippen molar-refractivity contribution in [2.24, 2.45) is 17.6 Å². The molecule has 2 unspecified atom stereocenters. The number of hydrogen-bond acceptors (Lipinski definition) is 2. The van der Waals surface area contributed by atoms with E-state index in [1.165, 1.54) is 38.5 Å². The molecule has 2 fully saturated rings. The standard InChI is InChI=1S/C11H21NO/c12-11-8-13-7-6-10(11)9-4-2-1-3-5-9/h9-11H,1-8,12H2. The first-order chi connectivity index (χ1) is 6.38. The van der Waals surface area contributed by atoms with Gasteiger partial charge in [-0.05, 0) is 18.3 Å². The third kappa shape index (κ3) is 2.23. The second-order valence-electron chi connectivity index (χ2n) is 4.59. The van der Waals surface area contributed by atoms with E-state index in [2.05, 4.69) is 0 Å². The van der Waals surface area contributed by atoms with Crippen LogP contribution < -0.4 is 5.73 Å². The van der Waals surface area contributed by atoms with Crippen molar-refractivity contribution in [3.63, 3.8) is 0 Å². The van der Waals surface area contributed by atoms with Gasteiger partial charge in [0.1, 0.15) is 0 Å². The van der Waals surface area contributed by atoms with Gasteiger partial charge in [0.05, 0.1) is 6.61 Å². The average Bonchev–Trinajstić information content (AvgIpc) is 2.20. The normalized spacial score (nSPS) is 37.6. The fourth-order valence-electron chi connectivity index (χ4n) is 2.92. The predicted octanol–water partition coefficient (Wildman–Crippen LogP) is 1.93. The van der Waals surface area contributed by atoms with Gasteiger partial charge in [0, 0.05) is 12.6 Å². The Morgan fingerprint density at radius 3 is 2.46 bits per heavy atom. The van der Waals surface area contributed by atoms with Crippen LogP contribution in [0, 0.1) is 11.8 Å². The van der Waals surface area contributed by atoms with Gasteiger partial charge in [-0.1, -0.05) is 32.1 Å². The molecule has 0 bridgehead atoms. The Morgan fingerprint density at radius 1 is 1.00 bits per heavy atom. The van der Waals surface area contributed by atoms with Crippen LogP contribution in [0.25, 0.3) is 0 Å². The molecule has 1 aliphatic heterocycles. The molecule has 1 aliphatic carbocycles. The predicted molar refractivity (Wildman–Crippen MR) is 53.5 cm³/mol. The van der Waals surface area contributed by atoms with Crippen LogP contribution in [0.15, 0.2) is 0 Å². The van der Waals surface area contributed by atoms with E-state index in [9.17, 15) is 0 Å². The van der Waals surface area contributed by atoms with Crippen molar-refractivity contribution in [2.75, 3.05) is 13.2 Å². The van der Waals surface area contributed by atoms with Crippen LogP contribution in [0.3, 0.4) is 0 Å². The van der Waals surface area contributed by atoms with Crippen LogP contribution in [-0.4, -0.2) is 19.3 Å². The SMILES string of the molecule is NC1COCCC1C1CCCCC1. The van der Waals surface area contributed by atoms with Crippen LogP contribution in [0.2, 0.25) is 0 Å². The second kappa shape index (κ2) is 4.43. The van der Waals surface area contributed by atoms with Gasteiger partial charge in [-0.3, -0.25) is 0 Å². The van der Waals surface area contributed by atoms with Crippen molar-refractivity contribution >= 4 is 0 Å². The molecule has 0 radical (unpaired) electrons. The average molecular weight is 183 g/mol. The molecule has 0 aromatic heterocycles. The van der Waals surface area contributed by atoms with Gasteiger partial charge in [-0.2, -0.15) is 0 Å². The highest BCUT2D eigenvalue weighted by Gasteiger charge is 2.30. The molecule has 13 heavy (non-hydrogen) atoms. The Kier molecular flexibility index (Phi) is 3.23. The van der Waals surface area contributed by atoms with Gasteiger partial charge in [0.15, 0.2) is 0 Å². The summed E-state index contributed by atoms with van der Waals surface area (Å²) in [6, 6.07) is 0.317. The topological polar surface area (TPSA) is 35.2 Å². The van der Waals surface area contributed by atoms with E-state index < -0.39 is 0 Å². The van der Waals surface area contributed by atoms with Crippen molar-refractivity contribution in [2.45, 2.75) is 44.6 Å². The molecular formula is C11H21NO. The molecule has 0 aromatic carbocycles. The summed E-state index contributed by atoms with van der Waals surface area (Å²) < 4.78 is 5.38. The quantitative estimate of drug-likeness (QED) is 0.674. The highest BCUT2D eigenvalue weighted by Crippen LogP contribution is 2.34. The highest BCUT2D eigenvalue weighted by atomic mass is 16.5. The molecule has 2 N–H and O–H groups in total. The van der Waals surface area contributed by atoms with E-state index in [1.807, 2.05) is 0 Å². The smallest absolute Gasteiger partial charge is 0.0620 e. The number of ether oxygens (including phenoxy) is 1. The molecular weight excluding hydrogens is 162 g/mol. The summed E-state index contributed by atoms with van der Waals surface area (Å²) in [4.78, 5) is 0. The molecule has 2 rings (SSSR count). The van der Waals surface area contributed by atoms with E-state index in [1.54, 1.807) is 0 Å². The van der Waals surface area contributed by atoms with Crippen molar-refractivity contribution in [3.05, 3.63) is 0 Å². The molecule has 0 aromatic rings. The summed E-state index contributed by atoms with van der Waals surface area (Å²) in [5, 5.41) is 0. The molecule has 1 heterocycles. The minimum Gasteiger partial charge on any atom is -0.380 e. The van der Waals surface area contributed by atoms with Crippen molar-refractivity contribution in [1.82, 2.24) is 0 Å². The molecule has 2 aliphatic rings. The Bertz CT molecular complexity index is 154. The van der Waals surface area contributed by atoms with Crippen LogP contribution >= 0.6 is 0 Å². The second-order valence-corrected chi connectivity index (χ2v) is 4.59. The summed E-state index contributed by atoms with van der Waals surface area (Å²) in [6.07, 6.45) is 8.32. The number of nitrogens with two attached hydrogens (primary N) is 1. The Labute approximate surface area is 80.8 Å². The summed E-state index contributed by atoms with van der Waals surface area (Å²) in [5.74, 6) is 1.67. The summed E-state index contributed by atoms with van der Waals surface area (Å²) in [6.45, 7) is 1.73. The van der Waals surface area contributed by atoms with Crippen LogP contribution in [0.4, 0.5) is 0 Å². The van der Waals surface area contributed by atoms with Gasteiger partial charge < -0.3 is 10.5 Å². The van der Waals surface area contributed by atoms with Gasteiger partial charge >= 0.3 is 0 Å². The zero-order chi connectivity index (χ0) is 9.10. The molecule has 2 heteroatoms. The number of rotatable bonds is 1. The van der Waals surface area contributed by atoms with Crippen molar-refractivity contribution in [1.29, 1.82) is 0 Å². The minimum absolute atomic E-state index is 0.317. The van der Waals surface area contributed by atoms with Gasteiger partial charge in [0.2, 0.25) is 0 Å². The van der Waals surface area contributed by atoms with E-state index >= 15 is 0 Å². The lowest BCUT2D eigenvalue weighted by atomic mass is 9.75. The fourth-order valence-corrected chi connectivity index (χ4v) is 2.92. The van der Waals surface area contributed by atoms with Gasteiger partial charge in [-0.25, -0.2) is 0 Å². The zero-order valence-corrected chi connectivity index (χ0v) is 8.37. The van der Waals surface area contributed by atoms with E-state index in [4.69, 9.17) is 10.5 Å². The minimum atomic E-state index is 0.317. The van der Waals surface area contributed by atoms with E-state index in [-0.39, 0.29) is 0 Å². The maximum Gasteiger partial charge on any atom is 0.0620 e. The van der Waals surface area contributed by atoms with Gasteiger partial charge in [-0.15, -0.1) is 0 Å². The van der Waals surface area contributed by atoms with Crippen LogP contribution in [0.5, 0.6) is 0 Å². The largest absolute Gasteiger partial charge is 0.380 e. The third-order valence-electron chi connectivity index (χ3n) is 3.71. The van der Waals surface area contributed by atoms with Crippen LogP contribution in [-0.2, 0) is 4.74 Å². The van der Waals surface area contributed by atoms with Crippen LogP contribution in [0.1, 0.15) is 38.5 Å². The Balaban J connectivity index is 1.88. The highest BCUT2D eigenvalue weighted by molar-refractivity contribution is 4.83. The maximum atomic E-state index is 6.08. The maximum absolute atomic E-state index is 6.08. The first-order valence-corrected chi connectivity index (χ1v) is 5.71. The molecule has 76 valence electrons. The fraction of sp³-hybridized carbons (Fsp3) is 1.00. The zero-order valence-electron chi connectivity index (χ0n) is 8.37. The van der Waals surface area contributed by atoms with E-state index in [0.717, 1.165) is 25.0 Å². The lowest BCUT2D eigenvalue weighted by molar-refractivity contribution is 0.0216. The van der Waals surface area contributed by atoms with E-state index in [0.29, 0.717) is 6.04 Å². The monoisotopic (exact) mass is 183 g/mol. The summed E-state index contributed by atoms with van der Waals surface area (Å²) >= 11 is 0. The Morgan fingerprint density at radius 2 is 1.77 bits per heavy atom. The molecule has 2 atom stereocenters. The molecule has 0 amide bonds. The van der Waals surface area contributed by atoms with Crippen molar-refractivity contribution < 1.29 is 4.74 Å². The molecule has 0 spiro atoms. The summed E-state index contributed by atoms with van der Waals surface area (Å²) in [7, 11) is 0. The Hall–Kier alpha value is -0.0800.